The summed E-state index contributed by atoms with van der Waals surface area (Å²) in [7, 11) is 1.95. The Morgan fingerprint density at radius 2 is 2.44 bits per heavy atom. The first kappa shape index (κ1) is 12.8. The Morgan fingerprint density at radius 1 is 1.62 bits per heavy atom. The first-order valence-corrected chi connectivity index (χ1v) is 5.93. The van der Waals surface area contributed by atoms with Crippen LogP contribution in [-0.4, -0.2) is 16.3 Å². The van der Waals surface area contributed by atoms with E-state index in [1.807, 2.05) is 17.9 Å². The Labute approximate surface area is 98.2 Å². The van der Waals surface area contributed by atoms with Crippen LogP contribution in [0.4, 0.5) is 0 Å². The molecular weight excluding hydrogens is 198 g/mol. The van der Waals surface area contributed by atoms with Crippen LogP contribution in [0.5, 0.6) is 0 Å². The van der Waals surface area contributed by atoms with E-state index in [0.717, 1.165) is 32.2 Å². The van der Waals surface area contributed by atoms with E-state index in [2.05, 4.69) is 29.5 Å². The number of terminal acetylenes is 1. The van der Waals surface area contributed by atoms with Crippen LogP contribution in [-0.2, 0) is 7.05 Å². The van der Waals surface area contributed by atoms with Crippen LogP contribution in [0.15, 0.2) is 12.4 Å². The molecule has 1 N–H and O–H groups in total. The second-order valence-electron chi connectivity index (χ2n) is 4.05. The molecule has 1 aromatic rings. The summed E-state index contributed by atoms with van der Waals surface area (Å²) in [6.07, 6.45) is 13.4. The van der Waals surface area contributed by atoms with Gasteiger partial charge >= 0.3 is 0 Å². The molecule has 0 saturated carbocycles. The average molecular weight is 219 g/mol. The van der Waals surface area contributed by atoms with E-state index >= 15 is 0 Å². The third kappa shape index (κ3) is 4.08. The summed E-state index contributed by atoms with van der Waals surface area (Å²) < 4.78 is 1.84. The van der Waals surface area contributed by atoms with Crippen molar-refractivity contribution in [3.8, 4) is 12.3 Å². The fourth-order valence-corrected chi connectivity index (χ4v) is 1.73. The Kier molecular flexibility index (Phi) is 5.66. The number of nitrogens with one attached hydrogen (secondary N) is 1. The molecule has 0 radical (unpaired) electrons. The smallest absolute Gasteiger partial charge is 0.0537 e. The molecule has 1 heterocycles. The summed E-state index contributed by atoms with van der Waals surface area (Å²) in [5, 5.41) is 7.75. The standard InChI is InChI=1S/C13H21N3/c1-4-6-7-8-13(14-9-5-2)12-10-15-16(3)11-12/h1,10-11,13-14H,5-9H2,2-3H3. The number of aromatic nitrogens is 2. The van der Waals surface area contributed by atoms with Crippen molar-refractivity contribution in [1.82, 2.24) is 15.1 Å². The number of nitrogens with zero attached hydrogens (tertiary/aromatic N) is 2. The van der Waals surface area contributed by atoms with Gasteiger partial charge in [0.05, 0.1) is 6.20 Å². The van der Waals surface area contributed by atoms with Gasteiger partial charge in [0.15, 0.2) is 0 Å². The number of unbranched alkanes of at least 4 members (excludes halogenated alkanes) is 1. The molecule has 0 aliphatic heterocycles. The van der Waals surface area contributed by atoms with Gasteiger partial charge < -0.3 is 5.32 Å². The largest absolute Gasteiger partial charge is 0.310 e. The molecule has 0 saturated heterocycles. The third-order valence-corrected chi connectivity index (χ3v) is 2.58. The fraction of sp³-hybridized carbons (Fsp3) is 0.615. The third-order valence-electron chi connectivity index (χ3n) is 2.58. The van der Waals surface area contributed by atoms with Crippen LogP contribution >= 0.6 is 0 Å². The molecular formula is C13H21N3. The van der Waals surface area contributed by atoms with Gasteiger partial charge in [0.2, 0.25) is 0 Å². The Hall–Kier alpha value is -1.27. The molecule has 1 rings (SSSR count). The molecule has 0 aliphatic carbocycles. The zero-order chi connectivity index (χ0) is 11.8. The highest BCUT2D eigenvalue weighted by molar-refractivity contribution is 5.10. The van der Waals surface area contributed by atoms with Gasteiger partial charge in [0.1, 0.15) is 0 Å². The van der Waals surface area contributed by atoms with Gasteiger partial charge in [0.25, 0.3) is 0 Å². The molecule has 88 valence electrons. The van der Waals surface area contributed by atoms with Crippen LogP contribution in [0.2, 0.25) is 0 Å². The molecule has 3 heteroatoms. The van der Waals surface area contributed by atoms with Crippen LogP contribution in [0.25, 0.3) is 0 Å². The van der Waals surface area contributed by atoms with Crippen LogP contribution in [0.3, 0.4) is 0 Å². The SMILES string of the molecule is C#CCCCC(NCCC)c1cnn(C)c1. The average Bonchev–Trinajstić information content (AvgIpc) is 2.70. The predicted octanol–water partition coefficient (Wildman–Crippen LogP) is 2.26. The van der Waals surface area contributed by atoms with E-state index in [0.29, 0.717) is 6.04 Å². The second kappa shape index (κ2) is 7.08. The maximum absolute atomic E-state index is 5.27. The molecule has 0 fully saturated rings. The number of hydrogen-bond donors (Lipinski definition) is 1. The van der Waals surface area contributed by atoms with Crippen molar-refractivity contribution in [2.75, 3.05) is 6.54 Å². The van der Waals surface area contributed by atoms with Crippen LogP contribution in [0.1, 0.15) is 44.2 Å². The zero-order valence-corrected chi connectivity index (χ0v) is 10.2. The molecule has 1 atom stereocenters. The molecule has 0 aliphatic rings. The highest BCUT2D eigenvalue weighted by atomic mass is 15.2. The van der Waals surface area contributed by atoms with Gasteiger partial charge in [-0.25, -0.2) is 0 Å². The molecule has 0 amide bonds. The summed E-state index contributed by atoms with van der Waals surface area (Å²) >= 11 is 0. The maximum Gasteiger partial charge on any atom is 0.0537 e. The Balaban J connectivity index is 2.53. The lowest BCUT2D eigenvalue weighted by atomic mass is 10.0. The molecule has 0 spiro atoms. The summed E-state index contributed by atoms with van der Waals surface area (Å²) in [6.45, 7) is 3.21. The summed E-state index contributed by atoms with van der Waals surface area (Å²) in [5.41, 5.74) is 1.26. The van der Waals surface area contributed by atoms with Gasteiger partial charge in [0, 0.05) is 31.3 Å². The van der Waals surface area contributed by atoms with Crippen molar-refractivity contribution in [3.05, 3.63) is 18.0 Å². The van der Waals surface area contributed by atoms with Crippen molar-refractivity contribution >= 4 is 0 Å². The highest BCUT2D eigenvalue weighted by Crippen LogP contribution is 2.18. The van der Waals surface area contributed by atoms with E-state index in [4.69, 9.17) is 6.42 Å². The van der Waals surface area contributed by atoms with Gasteiger partial charge in [-0.2, -0.15) is 5.10 Å². The lowest BCUT2D eigenvalue weighted by molar-refractivity contribution is 0.487. The summed E-state index contributed by atoms with van der Waals surface area (Å²) in [4.78, 5) is 0. The summed E-state index contributed by atoms with van der Waals surface area (Å²) in [6, 6.07) is 0.391. The van der Waals surface area contributed by atoms with Crippen molar-refractivity contribution in [2.24, 2.45) is 7.05 Å². The molecule has 1 aromatic heterocycles. The summed E-state index contributed by atoms with van der Waals surface area (Å²) in [5.74, 6) is 2.69. The van der Waals surface area contributed by atoms with Crippen molar-refractivity contribution < 1.29 is 0 Å². The van der Waals surface area contributed by atoms with Gasteiger partial charge in [-0.05, 0) is 25.8 Å². The second-order valence-corrected chi connectivity index (χ2v) is 4.05. The van der Waals surface area contributed by atoms with Crippen molar-refractivity contribution in [2.45, 2.75) is 38.6 Å². The fourth-order valence-electron chi connectivity index (χ4n) is 1.73. The Morgan fingerprint density at radius 3 is 3.00 bits per heavy atom. The van der Waals surface area contributed by atoms with E-state index in [1.165, 1.54) is 5.56 Å². The van der Waals surface area contributed by atoms with Crippen LogP contribution in [0, 0.1) is 12.3 Å². The van der Waals surface area contributed by atoms with E-state index in [9.17, 15) is 0 Å². The van der Waals surface area contributed by atoms with Crippen molar-refractivity contribution in [1.29, 1.82) is 0 Å². The van der Waals surface area contributed by atoms with E-state index < -0.39 is 0 Å². The minimum absolute atomic E-state index is 0.391. The number of hydrogen-bond acceptors (Lipinski definition) is 2. The minimum atomic E-state index is 0.391. The predicted molar refractivity (Wildman–Crippen MR) is 66.9 cm³/mol. The van der Waals surface area contributed by atoms with E-state index in [1.54, 1.807) is 0 Å². The molecule has 0 aromatic carbocycles. The lowest BCUT2D eigenvalue weighted by Crippen LogP contribution is -2.21. The van der Waals surface area contributed by atoms with Gasteiger partial charge in [-0.15, -0.1) is 12.3 Å². The van der Waals surface area contributed by atoms with Gasteiger partial charge in [-0.1, -0.05) is 6.92 Å². The number of rotatable bonds is 7. The molecule has 1 unspecified atom stereocenters. The maximum atomic E-state index is 5.27. The minimum Gasteiger partial charge on any atom is -0.310 e. The topological polar surface area (TPSA) is 29.9 Å². The lowest BCUT2D eigenvalue weighted by Gasteiger charge is -2.16. The van der Waals surface area contributed by atoms with E-state index in [-0.39, 0.29) is 0 Å². The monoisotopic (exact) mass is 219 g/mol. The molecule has 0 bridgehead atoms. The quantitative estimate of drug-likeness (QED) is 0.563. The highest BCUT2D eigenvalue weighted by Gasteiger charge is 2.11. The Bertz CT molecular complexity index is 335. The van der Waals surface area contributed by atoms with Crippen LogP contribution < -0.4 is 5.32 Å². The first-order valence-electron chi connectivity index (χ1n) is 5.93. The van der Waals surface area contributed by atoms with Gasteiger partial charge in [-0.3, -0.25) is 4.68 Å². The molecule has 16 heavy (non-hydrogen) atoms. The zero-order valence-electron chi connectivity index (χ0n) is 10.2. The first-order chi connectivity index (χ1) is 7.77. The molecule has 3 nitrogen and oxygen atoms in total. The number of aryl methyl sites for hydroxylation is 1. The normalized spacial score (nSPS) is 12.3. The van der Waals surface area contributed by atoms with Crippen molar-refractivity contribution in [3.63, 3.8) is 0 Å².